The predicted molar refractivity (Wildman–Crippen MR) is 56.5 cm³/mol. The predicted octanol–water partition coefficient (Wildman–Crippen LogP) is 1.98. The molecular formula is C12H15NO. The fraction of sp³-hybridized carbons (Fsp3) is 0.583. The first kappa shape index (κ1) is 8.42. The van der Waals surface area contributed by atoms with E-state index in [1.165, 1.54) is 18.6 Å². The molecule has 0 aromatic carbocycles. The van der Waals surface area contributed by atoms with Crippen molar-refractivity contribution in [2.45, 2.75) is 18.9 Å². The Morgan fingerprint density at radius 3 is 3.36 bits per heavy atom. The molecule has 3 unspecified atom stereocenters. The van der Waals surface area contributed by atoms with Crippen molar-refractivity contribution in [2.24, 2.45) is 16.8 Å². The van der Waals surface area contributed by atoms with Crippen molar-refractivity contribution in [3.8, 4) is 0 Å². The second-order valence-corrected chi connectivity index (χ2v) is 4.24. The maximum atomic E-state index is 5.85. The highest BCUT2D eigenvalue weighted by atomic mass is 16.5. The number of aliphatic imine (C=N–C) groups is 1. The van der Waals surface area contributed by atoms with Crippen molar-refractivity contribution in [1.82, 2.24) is 0 Å². The van der Waals surface area contributed by atoms with Gasteiger partial charge in [-0.3, -0.25) is 4.99 Å². The van der Waals surface area contributed by atoms with Crippen LogP contribution in [0.2, 0.25) is 0 Å². The third-order valence-electron chi connectivity index (χ3n) is 3.38. The van der Waals surface area contributed by atoms with Crippen LogP contribution in [0.25, 0.3) is 0 Å². The van der Waals surface area contributed by atoms with Crippen LogP contribution in [0.3, 0.4) is 0 Å². The van der Waals surface area contributed by atoms with Crippen LogP contribution < -0.4 is 0 Å². The first-order valence-corrected chi connectivity index (χ1v) is 5.44. The fourth-order valence-corrected chi connectivity index (χ4v) is 2.67. The summed E-state index contributed by atoms with van der Waals surface area (Å²) in [6, 6.07) is 0. The van der Waals surface area contributed by atoms with Crippen LogP contribution in [0.15, 0.2) is 29.3 Å². The molecule has 0 saturated carbocycles. The molecule has 74 valence electrons. The van der Waals surface area contributed by atoms with E-state index in [1.54, 1.807) is 0 Å². The summed E-state index contributed by atoms with van der Waals surface area (Å²) in [6.07, 6.45) is 11.6. The van der Waals surface area contributed by atoms with Crippen molar-refractivity contribution < 1.29 is 4.74 Å². The molecule has 2 heterocycles. The SMILES string of the molecule is C1=CC2=NCC3C=CCOC3C2CC1. The van der Waals surface area contributed by atoms with Crippen molar-refractivity contribution in [3.63, 3.8) is 0 Å². The lowest BCUT2D eigenvalue weighted by molar-refractivity contribution is 0.00579. The Labute approximate surface area is 84.4 Å². The second-order valence-electron chi connectivity index (χ2n) is 4.24. The average Bonchev–Trinajstić information content (AvgIpc) is 2.29. The highest BCUT2D eigenvalue weighted by Crippen LogP contribution is 2.33. The Bertz CT molecular complexity index is 316. The smallest absolute Gasteiger partial charge is 0.0743 e. The van der Waals surface area contributed by atoms with Gasteiger partial charge in [-0.1, -0.05) is 18.2 Å². The molecular weight excluding hydrogens is 174 g/mol. The normalized spacial score (nSPS) is 40.0. The molecule has 0 amide bonds. The van der Waals surface area contributed by atoms with Gasteiger partial charge in [0, 0.05) is 24.1 Å². The summed E-state index contributed by atoms with van der Waals surface area (Å²) in [7, 11) is 0. The number of nitrogens with zero attached hydrogens (tertiary/aromatic N) is 1. The molecule has 0 bridgehead atoms. The largest absolute Gasteiger partial charge is 0.373 e. The van der Waals surface area contributed by atoms with Gasteiger partial charge in [0.1, 0.15) is 0 Å². The van der Waals surface area contributed by atoms with Crippen LogP contribution >= 0.6 is 0 Å². The minimum atomic E-state index is 0.400. The van der Waals surface area contributed by atoms with Crippen LogP contribution in [0.4, 0.5) is 0 Å². The molecule has 1 aliphatic carbocycles. The number of hydrogen-bond donors (Lipinski definition) is 0. The van der Waals surface area contributed by atoms with E-state index in [-0.39, 0.29) is 0 Å². The quantitative estimate of drug-likeness (QED) is 0.534. The molecule has 0 saturated heterocycles. The first-order chi connectivity index (χ1) is 6.95. The Hall–Kier alpha value is -0.890. The second kappa shape index (κ2) is 3.35. The lowest BCUT2D eigenvalue weighted by atomic mass is 9.78. The molecule has 14 heavy (non-hydrogen) atoms. The third-order valence-corrected chi connectivity index (χ3v) is 3.38. The van der Waals surface area contributed by atoms with Gasteiger partial charge in [0.15, 0.2) is 0 Å². The molecule has 0 radical (unpaired) electrons. The molecule has 0 aromatic heterocycles. The van der Waals surface area contributed by atoms with E-state index >= 15 is 0 Å². The standard InChI is InChI=1S/C12H15NO/c1-2-6-11-10(5-1)12-9(8-13-11)4-3-7-14-12/h2-4,6,9-10,12H,1,5,7-8H2. The number of hydrogen-bond acceptors (Lipinski definition) is 2. The zero-order chi connectivity index (χ0) is 9.38. The number of ether oxygens (including phenoxy) is 1. The van der Waals surface area contributed by atoms with Crippen molar-refractivity contribution in [3.05, 3.63) is 24.3 Å². The molecule has 2 aliphatic heterocycles. The van der Waals surface area contributed by atoms with Gasteiger partial charge in [0.25, 0.3) is 0 Å². The van der Waals surface area contributed by atoms with Gasteiger partial charge < -0.3 is 4.74 Å². The molecule has 2 nitrogen and oxygen atoms in total. The first-order valence-electron chi connectivity index (χ1n) is 5.44. The van der Waals surface area contributed by atoms with Crippen molar-refractivity contribution in [2.75, 3.05) is 13.2 Å². The highest BCUT2D eigenvalue weighted by Gasteiger charge is 2.36. The Balaban J connectivity index is 1.93. The van der Waals surface area contributed by atoms with Gasteiger partial charge in [-0.15, -0.1) is 0 Å². The topological polar surface area (TPSA) is 21.6 Å². The zero-order valence-corrected chi connectivity index (χ0v) is 8.23. The highest BCUT2D eigenvalue weighted by molar-refractivity contribution is 5.98. The Kier molecular flexibility index (Phi) is 2.02. The zero-order valence-electron chi connectivity index (χ0n) is 8.23. The molecule has 2 heteroatoms. The minimum absolute atomic E-state index is 0.400. The number of fused-ring (bicyclic) bond motifs is 3. The summed E-state index contributed by atoms with van der Waals surface area (Å²) in [5.41, 5.74) is 1.27. The molecule has 0 N–H and O–H groups in total. The maximum Gasteiger partial charge on any atom is 0.0743 e. The van der Waals surface area contributed by atoms with E-state index in [0.717, 1.165) is 13.2 Å². The lowest BCUT2D eigenvalue weighted by Crippen LogP contribution is -2.43. The van der Waals surface area contributed by atoms with Gasteiger partial charge in [-0.25, -0.2) is 0 Å². The maximum absolute atomic E-state index is 5.85. The summed E-state index contributed by atoms with van der Waals surface area (Å²) >= 11 is 0. The molecule has 0 fully saturated rings. The Morgan fingerprint density at radius 2 is 2.36 bits per heavy atom. The van der Waals surface area contributed by atoms with Crippen LogP contribution in [0, 0.1) is 11.8 Å². The van der Waals surface area contributed by atoms with Crippen LogP contribution in [0.1, 0.15) is 12.8 Å². The van der Waals surface area contributed by atoms with Gasteiger partial charge in [-0.05, 0) is 18.9 Å². The molecule has 3 rings (SSSR count). The molecule has 3 aliphatic rings. The van der Waals surface area contributed by atoms with E-state index in [2.05, 4.69) is 29.3 Å². The van der Waals surface area contributed by atoms with Crippen LogP contribution in [0.5, 0.6) is 0 Å². The fourth-order valence-electron chi connectivity index (χ4n) is 2.67. The molecule has 3 atom stereocenters. The van der Waals surface area contributed by atoms with Gasteiger partial charge >= 0.3 is 0 Å². The van der Waals surface area contributed by atoms with E-state index < -0.39 is 0 Å². The number of rotatable bonds is 0. The Morgan fingerprint density at radius 1 is 1.36 bits per heavy atom. The minimum Gasteiger partial charge on any atom is -0.373 e. The average molecular weight is 189 g/mol. The summed E-state index contributed by atoms with van der Waals surface area (Å²) in [6.45, 7) is 1.70. The molecule has 0 spiro atoms. The van der Waals surface area contributed by atoms with Crippen LogP contribution in [-0.2, 0) is 4.74 Å². The van der Waals surface area contributed by atoms with Gasteiger partial charge in [0.2, 0.25) is 0 Å². The lowest BCUT2D eigenvalue weighted by Gasteiger charge is -2.38. The van der Waals surface area contributed by atoms with E-state index in [1.807, 2.05) is 0 Å². The van der Waals surface area contributed by atoms with E-state index in [9.17, 15) is 0 Å². The number of allylic oxidation sites excluding steroid dienone is 2. The van der Waals surface area contributed by atoms with Crippen molar-refractivity contribution >= 4 is 5.71 Å². The summed E-state index contributed by atoms with van der Waals surface area (Å²) < 4.78 is 5.85. The van der Waals surface area contributed by atoms with Crippen molar-refractivity contribution in [1.29, 1.82) is 0 Å². The van der Waals surface area contributed by atoms with E-state index in [4.69, 9.17) is 4.74 Å². The van der Waals surface area contributed by atoms with Crippen LogP contribution in [-0.4, -0.2) is 25.0 Å². The third kappa shape index (κ3) is 1.25. The monoisotopic (exact) mass is 189 g/mol. The van der Waals surface area contributed by atoms with Gasteiger partial charge in [-0.2, -0.15) is 0 Å². The summed E-state index contributed by atoms with van der Waals surface area (Å²) in [5, 5.41) is 0. The molecule has 0 aromatic rings. The van der Waals surface area contributed by atoms with Gasteiger partial charge in [0.05, 0.1) is 12.7 Å². The summed E-state index contributed by atoms with van der Waals surface area (Å²) in [4.78, 5) is 4.63. The summed E-state index contributed by atoms with van der Waals surface area (Å²) in [5.74, 6) is 1.09. The van der Waals surface area contributed by atoms with E-state index in [0.29, 0.717) is 17.9 Å².